The van der Waals surface area contributed by atoms with E-state index < -0.39 is 23.5 Å². The molecule has 30 heavy (non-hydrogen) atoms. The third kappa shape index (κ3) is 3.86. The number of urea groups is 1. The van der Waals surface area contributed by atoms with Crippen LogP contribution in [0.15, 0.2) is 35.5 Å². The lowest BCUT2D eigenvalue weighted by atomic mass is 10.1. The highest BCUT2D eigenvalue weighted by Gasteiger charge is 2.44. The first-order chi connectivity index (χ1) is 14.2. The zero-order chi connectivity index (χ0) is 22.1. The van der Waals surface area contributed by atoms with Crippen molar-refractivity contribution in [3.8, 4) is 0 Å². The Morgan fingerprint density at radius 1 is 1.10 bits per heavy atom. The number of amides is 3. The maximum atomic E-state index is 12.4. The molecule has 2 aliphatic rings. The standard InChI is InChI=1S/C20H23N3O7/c1-20(2)18(26)22(19(27)21-20)9-12-5-7-13(8-6-12)23-11-30-10-14(16(24)28-3)15(23)17(25)29-4/h5-8H,9-11H2,1-4H3,(H,21,27). The van der Waals surface area contributed by atoms with Crippen molar-refractivity contribution < 1.29 is 33.4 Å². The van der Waals surface area contributed by atoms with Crippen molar-refractivity contribution >= 4 is 29.6 Å². The van der Waals surface area contributed by atoms with Gasteiger partial charge in [-0.15, -0.1) is 0 Å². The van der Waals surface area contributed by atoms with Gasteiger partial charge in [0.25, 0.3) is 5.91 Å². The van der Waals surface area contributed by atoms with Gasteiger partial charge < -0.3 is 24.4 Å². The van der Waals surface area contributed by atoms with Gasteiger partial charge >= 0.3 is 18.0 Å². The molecule has 3 rings (SSSR count). The van der Waals surface area contributed by atoms with Gasteiger partial charge in [0.1, 0.15) is 18.0 Å². The van der Waals surface area contributed by atoms with Crippen molar-refractivity contribution in [2.75, 3.05) is 32.5 Å². The van der Waals surface area contributed by atoms with Crippen LogP contribution in [-0.4, -0.2) is 61.9 Å². The van der Waals surface area contributed by atoms with Crippen LogP contribution in [0, 0.1) is 0 Å². The van der Waals surface area contributed by atoms with Crippen LogP contribution in [0.5, 0.6) is 0 Å². The van der Waals surface area contributed by atoms with Gasteiger partial charge in [0.05, 0.1) is 32.9 Å². The highest BCUT2D eigenvalue weighted by atomic mass is 16.5. The number of ether oxygens (including phenoxy) is 3. The fourth-order valence-corrected chi connectivity index (χ4v) is 3.27. The summed E-state index contributed by atoms with van der Waals surface area (Å²) < 4.78 is 15.0. The van der Waals surface area contributed by atoms with Gasteiger partial charge in [-0.3, -0.25) is 9.69 Å². The number of benzene rings is 1. The number of carbonyl (C=O) groups excluding carboxylic acids is 4. The minimum atomic E-state index is -0.938. The van der Waals surface area contributed by atoms with E-state index in [9.17, 15) is 19.2 Å². The molecule has 1 saturated heterocycles. The number of anilines is 1. The summed E-state index contributed by atoms with van der Waals surface area (Å²) in [5.74, 6) is -1.68. The van der Waals surface area contributed by atoms with E-state index in [1.807, 2.05) is 0 Å². The molecule has 160 valence electrons. The Bertz CT molecular complexity index is 921. The second-order valence-electron chi connectivity index (χ2n) is 7.33. The van der Waals surface area contributed by atoms with E-state index in [0.29, 0.717) is 5.69 Å². The number of hydrogen-bond acceptors (Lipinski definition) is 8. The molecule has 2 aliphatic heterocycles. The van der Waals surface area contributed by atoms with Gasteiger partial charge in [0.15, 0.2) is 0 Å². The van der Waals surface area contributed by atoms with Crippen LogP contribution < -0.4 is 10.2 Å². The molecule has 0 unspecified atom stereocenters. The highest BCUT2D eigenvalue weighted by molar-refractivity contribution is 6.06. The lowest BCUT2D eigenvalue weighted by Crippen LogP contribution is -2.40. The number of imide groups is 1. The number of nitrogens with zero attached hydrogens (tertiary/aromatic N) is 2. The fourth-order valence-electron chi connectivity index (χ4n) is 3.27. The van der Waals surface area contributed by atoms with Crippen LogP contribution in [-0.2, 0) is 35.1 Å². The van der Waals surface area contributed by atoms with E-state index in [1.54, 1.807) is 38.1 Å². The molecule has 0 atom stereocenters. The number of rotatable bonds is 5. The van der Waals surface area contributed by atoms with Crippen molar-refractivity contribution in [1.29, 1.82) is 0 Å². The molecule has 0 bridgehead atoms. The summed E-state index contributed by atoms with van der Waals surface area (Å²) in [5, 5.41) is 2.63. The Morgan fingerprint density at radius 2 is 1.73 bits per heavy atom. The summed E-state index contributed by atoms with van der Waals surface area (Å²) in [7, 11) is 2.44. The smallest absolute Gasteiger partial charge is 0.355 e. The molecule has 0 spiro atoms. The lowest BCUT2D eigenvalue weighted by Gasteiger charge is -2.31. The van der Waals surface area contributed by atoms with Gasteiger partial charge in [-0.25, -0.2) is 14.4 Å². The first kappa shape index (κ1) is 21.3. The first-order valence-corrected chi connectivity index (χ1v) is 9.17. The van der Waals surface area contributed by atoms with Crippen LogP contribution >= 0.6 is 0 Å². The maximum Gasteiger partial charge on any atom is 0.355 e. The molecule has 1 N–H and O–H groups in total. The van der Waals surface area contributed by atoms with Gasteiger partial charge in [-0.05, 0) is 31.5 Å². The number of hydrogen-bond donors (Lipinski definition) is 1. The molecule has 10 nitrogen and oxygen atoms in total. The normalized spacial score (nSPS) is 18.4. The Labute approximate surface area is 173 Å². The molecule has 1 aromatic carbocycles. The van der Waals surface area contributed by atoms with Gasteiger partial charge in [-0.1, -0.05) is 12.1 Å². The SMILES string of the molecule is COC(=O)C1=C(C(=O)OC)N(c2ccc(CN3C(=O)NC(C)(C)C3=O)cc2)COC1. The molecular formula is C20H23N3O7. The summed E-state index contributed by atoms with van der Waals surface area (Å²) >= 11 is 0. The number of methoxy groups -OCH3 is 2. The van der Waals surface area contributed by atoms with Crippen LogP contribution in [0.1, 0.15) is 19.4 Å². The molecule has 0 saturated carbocycles. The van der Waals surface area contributed by atoms with Crippen molar-refractivity contribution in [2.24, 2.45) is 0 Å². The fraction of sp³-hybridized carbons (Fsp3) is 0.400. The van der Waals surface area contributed by atoms with E-state index in [0.717, 1.165) is 10.5 Å². The molecule has 0 radical (unpaired) electrons. The molecule has 0 aliphatic carbocycles. The predicted molar refractivity (Wildman–Crippen MR) is 104 cm³/mol. The zero-order valence-corrected chi connectivity index (χ0v) is 17.2. The summed E-state index contributed by atoms with van der Waals surface area (Å²) in [6.07, 6.45) is 0. The van der Waals surface area contributed by atoms with Gasteiger partial charge in [-0.2, -0.15) is 0 Å². The van der Waals surface area contributed by atoms with Crippen molar-refractivity contribution in [1.82, 2.24) is 10.2 Å². The topological polar surface area (TPSA) is 114 Å². The predicted octanol–water partition coefficient (Wildman–Crippen LogP) is 0.911. The van der Waals surface area contributed by atoms with E-state index in [2.05, 4.69) is 5.32 Å². The van der Waals surface area contributed by atoms with E-state index in [-0.39, 0.29) is 37.1 Å². The second-order valence-corrected chi connectivity index (χ2v) is 7.33. The van der Waals surface area contributed by atoms with E-state index in [1.165, 1.54) is 19.1 Å². The molecule has 10 heteroatoms. The van der Waals surface area contributed by atoms with Crippen LogP contribution in [0.4, 0.5) is 10.5 Å². The summed E-state index contributed by atoms with van der Waals surface area (Å²) in [6, 6.07) is 6.40. The molecule has 1 aromatic rings. The summed E-state index contributed by atoms with van der Waals surface area (Å²) in [5.41, 5.74) is 0.444. The van der Waals surface area contributed by atoms with Crippen LogP contribution in [0.3, 0.4) is 0 Å². The lowest BCUT2D eigenvalue weighted by molar-refractivity contribution is -0.140. The third-order valence-corrected chi connectivity index (χ3v) is 4.87. The second kappa shape index (κ2) is 8.15. The number of nitrogens with one attached hydrogen (secondary N) is 1. The molecule has 3 amide bonds. The van der Waals surface area contributed by atoms with E-state index in [4.69, 9.17) is 14.2 Å². The van der Waals surface area contributed by atoms with Crippen molar-refractivity contribution in [3.05, 3.63) is 41.1 Å². The van der Waals surface area contributed by atoms with Crippen molar-refractivity contribution in [3.63, 3.8) is 0 Å². The van der Waals surface area contributed by atoms with Crippen LogP contribution in [0.2, 0.25) is 0 Å². The van der Waals surface area contributed by atoms with E-state index >= 15 is 0 Å². The van der Waals surface area contributed by atoms with Crippen LogP contribution in [0.25, 0.3) is 0 Å². The molecule has 1 fully saturated rings. The first-order valence-electron chi connectivity index (χ1n) is 9.17. The minimum absolute atomic E-state index is 0.0332. The molecule has 2 heterocycles. The average molecular weight is 417 g/mol. The highest BCUT2D eigenvalue weighted by Crippen LogP contribution is 2.27. The minimum Gasteiger partial charge on any atom is -0.466 e. The molecular weight excluding hydrogens is 394 g/mol. The Balaban J connectivity index is 1.86. The maximum absolute atomic E-state index is 12.4. The zero-order valence-electron chi connectivity index (χ0n) is 17.2. The Morgan fingerprint density at radius 3 is 2.27 bits per heavy atom. The summed E-state index contributed by atoms with van der Waals surface area (Å²) in [6.45, 7) is 3.36. The summed E-state index contributed by atoms with van der Waals surface area (Å²) in [4.78, 5) is 51.5. The Hall–Kier alpha value is -3.40. The number of carbonyl (C=O) groups is 4. The average Bonchev–Trinajstić information content (AvgIpc) is 2.94. The van der Waals surface area contributed by atoms with Gasteiger partial charge in [0.2, 0.25) is 0 Å². The largest absolute Gasteiger partial charge is 0.466 e. The number of esters is 2. The van der Waals surface area contributed by atoms with Gasteiger partial charge in [0, 0.05) is 5.69 Å². The molecule has 0 aromatic heterocycles. The monoisotopic (exact) mass is 417 g/mol. The third-order valence-electron chi connectivity index (χ3n) is 4.87. The quantitative estimate of drug-likeness (QED) is 0.555. The van der Waals surface area contributed by atoms with Crippen molar-refractivity contribution in [2.45, 2.75) is 25.9 Å². The Kier molecular flexibility index (Phi) is 5.79.